The summed E-state index contributed by atoms with van der Waals surface area (Å²) in [6.45, 7) is 5.82. The van der Waals surface area contributed by atoms with E-state index in [1.807, 2.05) is 0 Å². The average molecular weight is 198 g/mol. The molecule has 0 aromatic rings. The number of amides is 1. The van der Waals surface area contributed by atoms with Crippen LogP contribution in [0.2, 0.25) is 0 Å². The molecule has 1 aliphatic rings. The molecule has 0 heterocycles. The van der Waals surface area contributed by atoms with Gasteiger partial charge in [0.2, 0.25) is 5.91 Å². The van der Waals surface area contributed by atoms with Gasteiger partial charge in [-0.2, -0.15) is 0 Å². The van der Waals surface area contributed by atoms with E-state index in [2.05, 4.69) is 19.2 Å². The van der Waals surface area contributed by atoms with E-state index in [0.29, 0.717) is 17.8 Å². The summed E-state index contributed by atoms with van der Waals surface area (Å²) in [7, 11) is 0. The maximum Gasteiger partial charge on any atom is 0.223 e. The number of carbonyl (C=O) groups excluding carboxylic acids is 1. The Balaban J connectivity index is 1.96. The van der Waals surface area contributed by atoms with Gasteiger partial charge >= 0.3 is 0 Å². The third-order valence-corrected chi connectivity index (χ3v) is 3.02. The molecule has 0 radical (unpaired) electrons. The first-order chi connectivity index (χ1) is 6.65. The van der Waals surface area contributed by atoms with Crippen LogP contribution < -0.4 is 11.1 Å². The molecular formula is C11H22N2O. The summed E-state index contributed by atoms with van der Waals surface area (Å²) in [6.07, 6.45) is 3.23. The van der Waals surface area contributed by atoms with Crippen molar-refractivity contribution in [3.63, 3.8) is 0 Å². The van der Waals surface area contributed by atoms with Crippen molar-refractivity contribution in [2.45, 2.75) is 33.1 Å². The van der Waals surface area contributed by atoms with Crippen LogP contribution in [-0.4, -0.2) is 19.0 Å². The summed E-state index contributed by atoms with van der Waals surface area (Å²) < 4.78 is 0. The topological polar surface area (TPSA) is 55.1 Å². The molecule has 1 rings (SSSR count). The van der Waals surface area contributed by atoms with Gasteiger partial charge in [-0.15, -0.1) is 0 Å². The molecule has 0 spiro atoms. The maximum absolute atomic E-state index is 11.4. The molecule has 3 atom stereocenters. The minimum atomic E-state index is 0.248. The molecule has 1 aliphatic carbocycles. The van der Waals surface area contributed by atoms with E-state index >= 15 is 0 Å². The Morgan fingerprint density at radius 1 is 1.64 bits per heavy atom. The Morgan fingerprint density at radius 3 is 2.79 bits per heavy atom. The van der Waals surface area contributed by atoms with Crippen molar-refractivity contribution in [3.05, 3.63) is 0 Å². The summed E-state index contributed by atoms with van der Waals surface area (Å²) >= 11 is 0. The van der Waals surface area contributed by atoms with Gasteiger partial charge in [0.15, 0.2) is 0 Å². The molecule has 0 aromatic carbocycles. The average Bonchev–Trinajstić information content (AvgIpc) is 2.89. The van der Waals surface area contributed by atoms with E-state index in [1.54, 1.807) is 0 Å². The van der Waals surface area contributed by atoms with Crippen molar-refractivity contribution >= 4 is 5.91 Å². The molecule has 14 heavy (non-hydrogen) atoms. The second-order valence-electron chi connectivity index (χ2n) is 4.59. The first kappa shape index (κ1) is 11.5. The summed E-state index contributed by atoms with van der Waals surface area (Å²) in [5, 5.41) is 2.97. The Morgan fingerprint density at radius 2 is 2.29 bits per heavy atom. The zero-order valence-corrected chi connectivity index (χ0v) is 9.25. The second-order valence-corrected chi connectivity index (χ2v) is 4.59. The van der Waals surface area contributed by atoms with Gasteiger partial charge < -0.3 is 11.1 Å². The van der Waals surface area contributed by atoms with Gasteiger partial charge in [0, 0.05) is 12.5 Å². The standard InChI is InChI=1S/C11H22N2O/c1-8(7-12)4-3-5-13-11(14)10-6-9(10)2/h8-10H,3-7,12H2,1-2H3,(H,13,14). The Hall–Kier alpha value is -0.570. The molecule has 1 amide bonds. The quantitative estimate of drug-likeness (QED) is 0.629. The highest BCUT2D eigenvalue weighted by atomic mass is 16.2. The van der Waals surface area contributed by atoms with Gasteiger partial charge in [-0.05, 0) is 37.6 Å². The summed E-state index contributed by atoms with van der Waals surface area (Å²) in [6, 6.07) is 0. The van der Waals surface area contributed by atoms with E-state index < -0.39 is 0 Å². The minimum absolute atomic E-state index is 0.248. The monoisotopic (exact) mass is 198 g/mol. The predicted molar refractivity (Wildman–Crippen MR) is 57.7 cm³/mol. The lowest BCUT2D eigenvalue weighted by atomic mass is 10.1. The largest absolute Gasteiger partial charge is 0.356 e. The number of rotatable bonds is 6. The highest BCUT2D eigenvalue weighted by Crippen LogP contribution is 2.37. The molecule has 0 aliphatic heterocycles. The lowest BCUT2D eigenvalue weighted by Crippen LogP contribution is -2.27. The second kappa shape index (κ2) is 5.35. The van der Waals surface area contributed by atoms with Crippen LogP contribution >= 0.6 is 0 Å². The molecule has 82 valence electrons. The molecule has 3 N–H and O–H groups in total. The molecule has 0 bridgehead atoms. The van der Waals surface area contributed by atoms with Crippen molar-refractivity contribution in [2.24, 2.45) is 23.5 Å². The van der Waals surface area contributed by atoms with Crippen LogP contribution in [-0.2, 0) is 4.79 Å². The first-order valence-electron chi connectivity index (χ1n) is 5.63. The van der Waals surface area contributed by atoms with E-state index in [4.69, 9.17) is 5.73 Å². The van der Waals surface area contributed by atoms with Crippen LogP contribution in [0.25, 0.3) is 0 Å². The zero-order chi connectivity index (χ0) is 10.6. The third-order valence-electron chi connectivity index (χ3n) is 3.02. The highest BCUT2D eigenvalue weighted by Gasteiger charge is 2.38. The van der Waals surface area contributed by atoms with Crippen molar-refractivity contribution < 1.29 is 4.79 Å². The van der Waals surface area contributed by atoms with E-state index in [0.717, 1.165) is 32.4 Å². The van der Waals surface area contributed by atoms with Gasteiger partial charge in [-0.3, -0.25) is 4.79 Å². The zero-order valence-electron chi connectivity index (χ0n) is 9.25. The number of nitrogens with two attached hydrogens (primary N) is 1. The van der Waals surface area contributed by atoms with Crippen molar-refractivity contribution in [2.75, 3.05) is 13.1 Å². The normalized spacial score (nSPS) is 27.1. The maximum atomic E-state index is 11.4. The van der Waals surface area contributed by atoms with Crippen molar-refractivity contribution in [1.29, 1.82) is 0 Å². The predicted octanol–water partition coefficient (Wildman–Crippen LogP) is 1.13. The van der Waals surface area contributed by atoms with Crippen molar-refractivity contribution in [3.8, 4) is 0 Å². The number of hydrogen-bond donors (Lipinski definition) is 2. The van der Waals surface area contributed by atoms with Gasteiger partial charge in [0.1, 0.15) is 0 Å². The van der Waals surface area contributed by atoms with Gasteiger partial charge in [-0.1, -0.05) is 13.8 Å². The molecule has 3 heteroatoms. The number of carbonyl (C=O) groups is 1. The Bertz CT molecular complexity index is 194. The fourth-order valence-electron chi connectivity index (χ4n) is 1.60. The molecule has 1 fully saturated rings. The summed E-state index contributed by atoms with van der Waals surface area (Å²) in [5.41, 5.74) is 5.50. The van der Waals surface area contributed by atoms with Crippen LogP contribution in [0, 0.1) is 17.8 Å². The highest BCUT2D eigenvalue weighted by molar-refractivity contribution is 5.81. The molecular weight excluding hydrogens is 176 g/mol. The lowest BCUT2D eigenvalue weighted by Gasteiger charge is -2.08. The first-order valence-corrected chi connectivity index (χ1v) is 5.63. The molecule has 3 unspecified atom stereocenters. The van der Waals surface area contributed by atoms with Gasteiger partial charge in [-0.25, -0.2) is 0 Å². The lowest BCUT2D eigenvalue weighted by molar-refractivity contribution is -0.122. The summed E-state index contributed by atoms with van der Waals surface area (Å²) in [5.74, 6) is 1.74. The molecule has 1 saturated carbocycles. The molecule has 0 saturated heterocycles. The van der Waals surface area contributed by atoms with Crippen LogP contribution in [0.4, 0.5) is 0 Å². The third kappa shape index (κ3) is 3.66. The van der Waals surface area contributed by atoms with Crippen LogP contribution in [0.1, 0.15) is 33.1 Å². The minimum Gasteiger partial charge on any atom is -0.356 e. The molecule has 0 aromatic heterocycles. The van der Waals surface area contributed by atoms with E-state index in [9.17, 15) is 4.79 Å². The Kier molecular flexibility index (Phi) is 4.39. The summed E-state index contributed by atoms with van der Waals surface area (Å²) in [4.78, 5) is 11.4. The van der Waals surface area contributed by atoms with Crippen LogP contribution in [0.3, 0.4) is 0 Å². The van der Waals surface area contributed by atoms with E-state index in [1.165, 1.54) is 0 Å². The van der Waals surface area contributed by atoms with Gasteiger partial charge in [0.25, 0.3) is 0 Å². The van der Waals surface area contributed by atoms with Crippen LogP contribution in [0.15, 0.2) is 0 Å². The van der Waals surface area contributed by atoms with E-state index in [-0.39, 0.29) is 5.91 Å². The number of nitrogens with one attached hydrogen (secondary N) is 1. The molecule has 3 nitrogen and oxygen atoms in total. The van der Waals surface area contributed by atoms with Crippen molar-refractivity contribution in [1.82, 2.24) is 5.32 Å². The fourth-order valence-corrected chi connectivity index (χ4v) is 1.60. The van der Waals surface area contributed by atoms with Gasteiger partial charge in [0.05, 0.1) is 0 Å². The smallest absolute Gasteiger partial charge is 0.223 e. The van der Waals surface area contributed by atoms with Crippen LogP contribution in [0.5, 0.6) is 0 Å². The SMILES string of the molecule is CC(CN)CCCNC(=O)C1CC1C. The number of hydrogen-bond acceptors (Lipinski definition) is 2. The Labute approximate surface area is 86.4 Å². The fraction of sp³-hybridized carbons (Fsp3) is 0.909.